The van der Waals surface area contributed by atoms with Crippen LogP contribution in [0.5, 0.6) is 0 Å². The molecule has 24 heavy (non-hydrogen) atoms. The van der Waals surface area contributed by atoms with Crippen molar-refractivity contribution in [3.8, 4) is 0 Å². The minimum absolute atomic E-state index is 0.145. The number of carbonyl (C=O) groups is 1. The average Bonchev–Trinajstić information content (AvgIpc) is 3.30. The molecule has 7 nitrogen and oxygen atoms in total. The first kappa shape index (κ1) is 17.4. The number of hydrogen-bond donors (Lipinski definition) is 0. The van der Waals surface area contributed by atoms with E-state index in [4.69, 9.17) is 14.0 Å². The number of aryl methyl sites for hydroxylation is 1. The predicted molar refractivity (Wildman–Crippen MR) is 86.6 cm³/mol. The second kappa shape index (κ2) is 8.58. The number of hydrogen-bond acceptors (Lipinski definition) is 6. The highest BCUT2D eigenvalue weighted by atomic mass is 16.5. The van der Waals surface area contributed by atoms with Gasteiger partial charge in [-0.2, -0.15) is 4.98 Å². The van der Waals surface area contributed by atoms with Crippen molar-refractivity contribution in [3.05, 3.63) is 11.7 Å². The molecule has 3 heterocycles. The number of amides is 1. The number of likely N-dealkylation sites (tertiary alicyclic amines) is 1. The largest absolute Gasteiger partial charge is 0.378 e. The second-order valence-electron chi connectivity index (χ2n) is 6.54. The van der Waals surface area contributed by atoms with Crippen molar-refractivity contribution in [2.45, 2.75) is 57.5 Å². The van der Waals surface area contributed by atoms with Crippen LogP contribution in [0.15, 0.2) is 4.52 Å². The molecule has 2 fully saturated rings. The zero-order valence-electron chi connectivity index (χ0n) is 14.4. The van der Waals surface area contributed by atoms with Crippen molar-refractivity contribution in [2.75, 3.05) is 32.9 Å². The first-order chi connectivity index (χ1) is 11.8. The molecule has 0 bridgehead atoms. The topological polar surface area (TPSA) is 77.7 Å². The molecular formula is C17H27N3O4. The van der Waals surface area contributed by atoms with Crippen LogP contribution in [0.25, 0.3) is 0 Å². The number of ether oxygens (including phenoxy) is 2. The van der Waals surface area contributed by atoms with Crippen molar-refractivity contribution < 1.29 is 18.8 Å². The van der Waals surface area contributed by atoms with Crippen LogP contribution in [0, 0.1) is 0 Å². The van der Waals surface area contributed by atoms with E-state index in [0.717, 1.165) is 51.1 Å². The van der Waals surface area contributed by atoms with Gasteiger partial charge in [0.2, 0.25) is 11.8 Å². The summed E-state index contributed by atoms with van der Waals surface area (Å²) in [4.78, 5) is 18.7. The molecule has 7 heteroatoms. The number of rotatable bonds is 7. The summed E-state index contributed by atoms with van der Waals surface area (Å²) in [5, 5.41) is 4.06. The van der Waals surface area contributed by atoms with E-state index in [9.17, 15) is 4.79 Å². The number of aromatic nitrogens is 2. The standard InChI is InChI=1S/C17H27N3O4/c1-2-15-18-17(19-24-15)13-5-3-8-20(11-13)16(21)7-10-22-12-14-6-4-9-23-14/h13-14H,2-12H2,1H3/t13-,14+/m1/s1. The fraction of sp³-hybridized carbons (Fsp3) is 0.824. The molecule has 0 unspecified atom stereocenters. The SMILES string of the molecule is CCc1nc([C@@H]2CCCN(C(=O)CCOC[C@@H]3CCCO3)C2)no1. The van der Waals surface area contributed by atoms with Crippen LogP contribution in [0.4, 0.5) is 0 Å². The maximum atomic E-state index is 12.4. The molecule has 2 aliphatic heterocycles. The Morgan fingerprint density at radius 2 is 2.29 bits per heavy atom. The Bertz CT molecular complexity index is 528. The van der Waals surface area contributed by atoms with Gasteiger partial charge in [-0.3, -0.25) is 4.79 Å². The molecule has 0 saturated carbocycles. The Hall–Kier alpha value is -1.47. The molecular weight excluding hydrogens is 310 g/mol. The minimum atomic E-state index is 0.145. The predicted octanol–water partition coefficient (Wildman–Crippen LogP) is 1.92. The molecule has 0 radical (unpaired) electrons. The Balaban J connectivity index is 1.41. The summed E-state index contributed by atoms with van der Waals surface area (Å²) in [5.41, 5.74) is 0. The Labute approximate surface area is 142 Å². The number of carbonyl (C=O) groups excluding carboxylic acids is 1. The van der Waals surface area contributed by atoms with Crippen LogP contribution in [0.2, 0.25) is 0 Å². The molecule has 2 aliphatic rings. The summed E-state index contributed by atoms with van der Waals surface area (Å²) >= 11 is 0. The van der Waals surface area contributed by atoms with Gasteiger partial charge in [-0.1, -0.05) is 12.1 Å². The summed E-state index contributed by atoms with van der Waals surface area (Å²) in [6.45, 7) is 5.36. The third-order valence-electron chi connectivity index (χ3n) is 4.71. The van der Waals surface area contributed by atoms with Crippen LogP contribution in [0.3, 0.4) is 0 Å². The van der Waals surface area contributed by atoms with Crippen molar-refractivity contribution >= 4 is 5.91 Å². The zero-order chi connectivity index (χ0) is 16.8. The van der Waals surface area contributed by atoms with Gasteiger partial charge in [-0.15, -0.1) is 0 Å². The van der Waals surface area contributed by atoms with Crippen LogP contribution in [-0.4, -0.2) is 60.0 Å². The average molecular weight is 337 g/mol. The van der Waals surface area contributed by atoms with Gasteiger partial charge in [-0.25, -0.2) is 0 Å². The lowest BCUT2D eigenvalue weighted by molar-refractivity contribution is -0.133. The van der Waals surface area contributed by atoms with Gasteiger partial charge < -0.3 is 18.9 Å². The Kier molecular flexibility index (Phi) is 6.20. The third-order valence-corrected chi connectivity index (χ3v) is 4.71. The molecule has 134 valence electrons. The molecule has 1 amide bonds. The normalized spacial score (nSPS) is 24.5. The third kappa shape index (κ3) is 4.54. The van der Waals surface area contributed by atoms with Crippen molar-refractivity contribution in [3.63, 3.8) is 0 Å². The van der Waals surface area contributed by atoms with Crippen molar-refractivity contribution in [2.24, 2.45) is 0 Å². The van der Waals surface area contributed by atoms with Crippen LogP contribution in [-0.2, 0) is 20.7 Å². The van der Waals surface area contributed by atoms with E-state index >= 15 is 0 Å². The first-order valence-electron chi connectivity index (χ1n) is 9.06. The molecule has 1 aromatic rings. The quantitative estimate of drug-likeness (QED) is 0.708. The smallest absolute Gasteiger partial charge is 0.226 e. The summed E-state index contributed by atoms with van der Waals surface area (Å²) in [6.07, 6.45) is 5.52. The maximum Gasteiger partial charge on any atom is 0.226 e. The van der Waals surface area contributed by atoms with Crippen LogP contribution < -0.4 is 0 Å². The minimum Gasteiger partial charge on any atom is -0.378 e. The lowest BCUT2D eigenvalue weighted by Gasteiger charge is -2.31. The van der Waals surface area contributed by atoms with Gasteiger partial charge in [0.05, 0.1) is 25.7 Å². The maximum absolute atomic E-state index is 12.4. The van der Waals surface area contributed by atoms with Gasteiger partial charge in [0.15, 0.2) is 5.82 Å². The summed E-state index contributed by atoms with van der Waals surface area (Å²) in [7, 11) is 0. The number of nitrogens with zero attached hydrogens (tertiary/aromatic N) is 3. The Morgan fingerprint density at radius 3 is 3.04 bits per heavy atom. The molecule has 0 aromatic carbocycles. The van der Waals surface area contributed by atoms with E-state index < -0.39 is 0 Å². The van der Waals surface area contributed by atoms with Crippen molar-refractivity contribution in [1.82, 2.24) is 15.0 Å². The Morgan fingerprint density at radius 1 is 1.38 bits per heavy atom. The monoisotopic (exact) mass is 337 g/mol. The zero-order valence-corrected chi connectivity index (χ0v) is 14.4. The molecule has 0 N–H and O–H groups in total. The van der Waals surface area contributed by atoms with E-state index in [2.05, 4.69) is 10.1 Å². The van der Waals surface area contributed by atoms with E-state index in [1.807, 2.05) is 11.8 Å². The number of piperidine rings is 1. The van der Waals surface area contributed by atoms with E-state index in [0.29, 0.717) is 32.1 Å². The first-order valence-corrected chi connectivity index (χ1v) is 9.06. The molecule has 3 rings (SSSR count). The lowest BCUT2D eigenvalue weighted by atomic mass is 9.97. The second-order valence-corrected chi connectivity index (χ2v) is 6.54. The molecule has 1 aromatic heterocycles. The molecule has 2 atom stereocenters. The highest BCUT2D eigenvalue weighted by Gasteiger charge is 2.27. The highest BCUT2D eigenvalue weighted by Crippen LogP contribution is 2.25. The van der Waals surface area contributed by atoms with Crippen LogP contribution >= 0.6 is 0 Å². The van der Waals surface area contributed by atoms with E-state index in [1.54, 1.807) is 0 Å². The highest BCUT2D eigenvalue weighted by molar-refractivity contribution is 5.76. The summed E-state index contributed by atoms with van der Waals surface area (Å²) in [6, 6.07) is 0. The summed E-state index contributed by atoms with van der Waals surface area (Å²) < 4.78 is 16.3. The molecule has 0 aliphatic carbocycles. The lowest BCUT2D eigenvalue weighted by Crippen LogP contribution is -2.39. The van der Waals surface area contributed by atoms with Gasteiger partial charge in [0.1, 0.15) is 0 Å². The van der Waals surface area contributed by atoms with Gasteiger partial charge in [0, 0.05) is 32.0 Å². The molecule has 2 saturated heterocycles. The summed E-state index contributed by atoms with van der Waals surface area (Å²) in [5.74, 6) is 1.72. The van der Waals surface area contributed by atoms with E-state index in [-0.39, 0.29) is 17.9 Å². The fourth-order valence-corrected chi connectivity index (χ4v) is 3.30. The van der Waals surface area contributed by atoms with E-state index in [1.165, 1.54) is 0 Å². The fourth-order valence-electron chi connectivity index (χ4n) is 3.30. The van der Waals surface area contributed by atoms with Crippen molar-refractivity contribution in [1.29, 1.82) is 0 Å². The molecule has 0 spiro atoms. The van der Waals surface area contributed by atoms with Gasteiger partial charge in [-0.05, 0) is 25.7 Å². The van der Waals surface area contributed by atoms with Crippen LogP contribution in [0.1, 0.15) is 56.7 Å². The van der Waals surface area contributed by atoms with Gasteiger partial charge in [0.25, 0.3) is 0 Å². The van der Waals surface area contributed by atoms with Gasteiger partial charge >= 0.3 is 0 Å².